The van der Waals surface area contributed by atoms with Crippen LogP contribution in [0.25, 0.3) is 0 Å². The summed E-state index contributed by atoms with van der Waals surface area (Å²) < 4.78 is 0. The fraction of sp³-hybridized carbons (Fsp3) is 0.727. The molecular weight excluding hydrogens is 975 g/mol. The fourth-order valence-electron chi connectivity index (χ4n) is 9.26. The van der Waals surface area contributed by atoms with Crippen molar-refractivity contribution in [2.75, 3.05) is 32.7 Å². The Hall–Kier alpha value is -5.35. The zero-order valence-electron chi connectivity index (χ0n) is 46.1. The normalized spacial score (nSPS) is 22.9. The van der Waals surface area contributed by atoms with Gasteiger partial charge in [-0.05, 0) is 114 Å². The van der Waals surface area contributed by atoms with Crippen LogP contribution in [-0.2, 0) is 49.6 Å². The minimum absolute atomic E-state index is 0.00603. The highest BCUT2D eigenvalue weighted by Crippen LogP contribution is 2.20. The van der Waals surface area contributed by atoms with E-state index in [4.69, 9.17) is 22.9 Å². The van der Waals surface area contributed by atoms with Crippen molar-refractivity contribution in [2.45, 2.75) is 199 Å². The smallest absolute Gasteiger partial charge is 0.243 e. The van der Waals surface area contributed by atoms with Crippen molar-refractivity contribution in [3.63, 3.8) is 0 Å². The van der Waals surface area contributed by atoms with Crippen LogP contribution in [0.1, 0.15) is 156 Å². The Labute approximate surface area is 451 Å². The molecule has 76 heavy (non-hydrogen) atoms. The van der Waals surface area contributed by atoms with Gasteiger partial charge in [-0.2, -0.15) is 0 Å². The number of aliphatic hydroxyl groups excluding tert-OH is 1. The molecule has 7 amide bonds. The Morgan fingerprint density at radius 2 is 1.14 bits per heavy atom. The van der Waals surface area contributed by atoms with E-state index in [0.717, 1.165) is 32.1 Å². The third-order valence-corrected chi connectivity index (χ3v) is 13.5. The molecule has 1 fully saturated rings. The van der Waals surface area contributed by atoms with Crippen molar-refractivity contribution in [2.24, 2.45) is 46.6 Å². The Morgan fingerprint density at radius 1 is 0.605 bits per heavy atom. The molecular formula is C55H95N11O10. The van der Waals surface area contributed by atoms with Crippen LogP contribution < -0.4 is 60.2 Å². The Balaban J connectivity index is 2.71. The van der Waals surface area contributed by atoms with Gasteiger partial charge in [0, 0.05) is 31.2 Å². The number of hydrogen-bond acceptors (Lipinski definition) is 14. The standard InChI is InChI=1S/C55H95N11O10/c1-6-7-8-9-13-18-40(67)34-49(70)61-41(20-25-57)47(68)32-38-23-28-60-52(73)45(29-35(2)3)66-53(74)43(19-14-15-24-56)63-54(75)44(22-27-59)64-55(76)46(30-36(4)5)65-51(72)39(31-37-16-11-10-12-17-37)33-48(69)42(21-26-58)62-50(38)71/h10-12,16-17,35-36,38-46,67H,6-9,13-15,18-34,56-59H2,1-5H3,(H,60,73)(H,61,70)(H,62,71)(H,63,75)(H,64,76)(H,65,72)(H,66,74)/t38-,39+,40-,41-,42+,43+,44+,45+,46+/m1/s1. The van der Waals surface area contributed by atoms with Crippen LogP contribution in [0.3, 0.4) is 0 Å². The summed E-state index contributed by atoms with van der Waals surface area (Å²) in [7, 11) is 0. The molecule has 16 N–H and O–H groups in total. The average Bonchev–Trinajstić information content (AvgIpc) is 3.36. The summed E-state index contributed by atoms with van der Waals surface area (Å²) in [4.78, 5) is 127. The van der Waals surface area contributed by atoms with Gasteiger partial charge in [-0.25, -0.2) is 0 Å². The van der Waals surface area contributed by atoms with Gasteiger partial charge in [0.25, 0.3) is 0 Å². The highest BCUT2D eigenvalue weighted by Gasteiger charge is 2.36. The molecule has 1 aromatic carbocycles. The van der Waals surface area contributed by atoms with Gasteiger partial charge in [0.15, 0.2) is 11.6 Å². The molecule has 0 bridgehead atoms. The molecule has 0 radical (unpaired) electrons. The van der Waals surface area contributed by atoms with E-state index in [1.54, 1.807) is 30.3 Å². The van der Waals surface area contributed by atoms with Gasteiger partial charge in [-0.15, -0.1) is 0 Å². The zero-order valence-corrected chi connectivity index (χ0v) is 46.1. The van der Waals surface area contributed by atoms with Gasteiger partial charge >= 0.3 is 0 Å². The molecule has 2 rings (SSSR count). The van der Waals surface area contributed by atoms with E-state index in [-0.39, 0.29) is 95.8 Å². The van der Waals surface area contributed by atoms with E-state index < -0.39 is 120 Å². The summed E-state index contributed by atoms with van der Waals surface area (Å²) in [5, 5.41) is 30.1. The number of ketones is 2. The minimum Gasteiger partial charge on any atom is -0.393 e. The topological polar surface area (TPSA) is 362 Å². The molecule has 9 atom stereocenters. The second-order valence-corrected chi connectivity index (χ2v) is 21.3. The Morgan fingerprint density at radius 3 is 1.74 bits per heavy atom. The molecule has 21 heteroatoms. The summed E-state index contributed by atoms with van der Waals surface area (Å²) in [5.74, 6) is -8.14. The van der Waals surface area contributed by atoms with Crippen LogP contribution in [-0.4, -0.2) is 133 Å². The van der Waals surface area contributed by atoms with E-state index in [1.165, 1.54) is 0 Å². The number of nitrogens with one attached hydrogen (secondary N) is 7. The van der Waals surface area contributed by atoms with Crippen LogP contribution in [0.5, 0.6) is 0 Å². The quantitative estimate of drug-likeness (QED) is 0.0525. The molecule has 0 aliphatic carbocycles. The van der Waals surface area contributed by atoms with Crippen molar-refractivity contribution in [1.82, 2.24) is 37.2 Å². The molecule has 0 spiro atoms. The van der Waals surface area contributed by atoms with E-state index >= 15 is 0 Å². The van der Waals surface area contributed by atoms with E-state index in [0.29, 0.717) is 31.4 Å². The highest BCUT2D eigenvalue weighted by atomic mass is 16.3. The number of benzene rings is 1. The molecule has 0 saturated carbocycles. The second-order valence-electron chi connectivity index (χ2n) is 21.3. The van der Waals surface area contributed by atoms with Crippen molar-refractivity contribution in [1.29, 1.82) is 0 Å². The predicted molar refractivity (Wildman–Crippen MR) is 292 cm³/mol. The fourth-order valence-corrected chi connectivity index (χ4v) is 9.26. The van der Waals surface area contributed by atoms with Crippen LogP contribution in [0.15, 0.2) is 30.3 Å². The largest absolute Gasteiger partial charge is 0.393 e. The average molecular weight is 1070 g/mol. The van der Waals surface area contributed by atoms with Gasteiger partial charge in [-0.1, -0.05) is 97.1 Å². The molecule has 1 aliphatic heterocycles. The lowest BCUT2D eigenvalue weighted by Gasteiger charge is -2.28. The Kier molecular flexibility index (Phi) is 32.9. The van der Waals surface area contributed by atoms with Gasteiger partial charge < -0.3 is 65.3 Å². The molecule has 21 nitrogen and oxygen atoms in total. The second kappa shape index (κ2) is 37.4. The maximum Gasteiger partial charge on any atom is 0.243 e. The lowest BCUT2D eigenvalue weighted by molar-refractivity contribution is -0.136. The number of hydrogen-bond donors (Lipinski definition) is 12. The number of carbonyl (C=O) groups excluding carboxylic acids is 9. The summed E-state index contributed by atoms with van der Waals surface area (Å²) in [6.07, 6.45) is 4.59. The molecule has 0 unspecified atom stereocenters. The maximum atomic E-state index is 14.5. The lowest BCUT2D eigenvalue weighted by Crippen LogP contribution is -2.59. The van der Waals surface area contributed by atoms with E-state index in [2.05, 4.69) is 44.1 Å². The van der Waals surface area contributed by atoms with Crippen LogP contribution >= 0.6 is 0 Å². The van der Waals surface area contributed by atoms with E-state index in [1.807, 2.05) is 27.7 Å². The molecule has 0 aromatic heterocycles. The van der Waals surface area contributed by atoms with Crippen LogP contribution in [0.4, 0.5) is 0 Å². The van der Waals surface area contributed by atoms with Gasteiger partial charge in [0.05, 0.1) is 24.6 Å². The number of Topliss-reactive ketones (excluding diaryl/α,β-unsaturated/α-hetero) is 2. The molecule has 1 heterocycles. The summed E-state index contributed by atoms with van der Waals surface area (Å²) in [6, 6.07) is 1.94. The molecule has 430 valence electrons. The SMILES string of the molecule is CCCCCCC[C@@H](O)CC(=O)N[C@H](CCN)C(=O)C[C@H]1CCNC(=O)[C@H](CC(C)C)NC(=O)[C@H](CCCCN)NC(=O)[C@H](CCN)NC(=O)[C@H](CC(C)C)NC(=O)[C@@H](Cc2ccccc2)CC(=O)[C@H](CCN)NC1=O. The monoisotopic (exact) mass is 1070 g/mol. The first kappa shape index (κ1) is 66.8. The number of nitrogens with two attached hydrogens (primary N) is 4. The number of carbonyl (C=O) groups is 9. The summed E-state index contributed by atoms with van der Waals surface area (Å²) >= 11 is 0. The third kappa shape index (κ3) is 26.1. The first-order valence-electron chi connectivity index (χ1n) is 27.9. The third-order valence-electron chi connectivity index (χ3n) is 13.5. The number of amides is 7. The van der Waals surface area contributed by atoms with Crippen LogP contribution in [0, 0.1) is 23.7 Å². The predicted octanol–water partition coefficient (Wildman–Crippen LogP) is 1.19. The van der Waals surface area contributed by atoms with Crippen molar-refractivity contribution in [3.8, 4) is 0 Å². The van der Waals surface area contributed by atoms with Crippen molar-refractivity contribution < 1.29 is 48.3 Å². The number of rotatable bonds is 28. The number of aliphatic hydroxyl groups is 1. The number of unbranched alkanes of at least 4 members (excludes halogenated alkanes) is 5. The van der Waals surface area contributed by atoms with Crippen molar-refractivity contribution >= 4 is 52.9 Å². The first-order valence-corrected chi connectivity index (χ1v) is 27.9. The van der Waals surface area contributed by atoms with E-state index in [9.17, 15) is 48.3 Å². The van der Waals surface area contributed by atoms with Gasteiger partial charge in [-0.3, -0.25) is 43.2 Å². The Bertz CT molecular complexity index is 1960. The maximum absolute atomic E-state index is 14.5. The minimum atomic E-state index is -1.23. The highest BCUT2D eigenvalue weighted by molar-refractivity contribution is 5.98. The molecule has 1 saturated heterocycles. The first-order chi connectivity index (χ1) is 36.3. The summed E-state index contributed by atoms with van der Waals surface area (Å²) in [6.45, 7) is 9.62. The summed E-state index contributed by atoms with van der Waals surface area (Å²) in [5.41, 5.74) is 24.4. The van der Waals surface area contributed by atoms with Crippen molar-refractivity contribution in [3.05, 3.63) is 35.9 Å². The molecule has 1 aliphatic rings. The van der Waals surface area contributed by atoms with Gasteiger partial charge in [0.2, 0.25) is 41.4 Å². The van der Waals surface area contributed by atoms with Crippen LogP contribution in [0.2, 0.25) is 0 Å². The molecule has 1 aromatic rings. The van der Waals surface area contributed by atoms with Gasteiger partial charge in [0.1, 0.15) is 24.2 Å². The lowest BCUT2D eigenvalue weighted by atomic mass is 9.89. The zero-order chi connectivity index (χ0) is 56.6.